The van der Waals surface area contributed by atoms with Crippen molar-refractivity contribution >= 4 is 16.0 Å². The van der Waals surface area contributed by atoms with Gasteiger partial charge in [-0.25, -0.2) is 13.2 Å². The minimum atomic E-state index is -3.81. The maximum Gasteiger partial charge on any atom is 0.343 e. The smallest absolute Gasteiger partial charge is 0.343 e. The highest BCUT2D eigenvalue weighted by molar-refractivity contribution is 7.89. The van der Waals surface area contributed by atoms with Crippen LogP contribution in [-0.2, 0) is 14.9 Å². The molecule has 0 saturated carbocycles. The molecule has 3 aromatic carbocycles. The Labute approximate surface area is 162 Å². The fraction of sp³-hybridized carbons (Fsp3) is 0.0952. The first-order chi connectivity index (χ1) is 13.5. The number of ether oxygens (including phenoxy) is 1. The fourth-order valence-electron chi connectivity index (χ4n) is 2.79. The Balaban J connectivity index is 1.57. The van der Waals surface area contributed by atoms with Crippen LogP contribution in [0, 0.1) is 6.92 Å². The van der Waals surface area contributed by atoms with E-state index in [1.165, 1.54) is 12.1 Å². The van der Waals surface area contributed by atoms with E-state index in [2.05, 4.69) is 0 Å². The molecule has 2 atom stereocenters. The number of carbonyl (C=O) groups excluding carboxylic acids is 1. The molecule has 1 fully saturated rings. The van der Waals surface area contributed by atoms with E-state index in [1.807, 2.05) is 19.1 Å². The number of rotatable bonds is 5. The Bertz CT molecular complexity index is 1110. The van der Waals surface area contributed by atoms with E-state index >= 15 is 0 Å². The number of benzene rings is 3. The Morgan fingerprint density at radius 1 is 0.929 bits per heavy atom. The molecule has 0 bridgehead atoms. The number of hydroxylamine groups is 1. The van der Waals surface area contributed by atoms with Crippen LogP contribution in [0.1, 0.15) is 27.7 Å². The lowest BCUT2D eigenvalue weighted by molar-refractivity contribution is 0.0733. The molecule has 1 aliphatic rings. The second kappa shape index (κ2) is 7.20. The maximum atomic E-state index is 12.7. The average Bonchev–Trinajstić information content (AvgIpc) is 3.52. The van der Waals surface area contributed by atoms with Crippen LogP contribution in [0.2, 0.25) is 0 Å². The van der Waals surface area contributed by atoms with Crippen LogP contribution in [-0.4, -0.2) is 18.9 Å². The molecule has 0 aliphatic carbocycles. The Morgan fingerprint density at radius 3 is 2.29 bits per heavy atom. The van der Waals surface area contributed by atoms with Gasteiger partial charge in [-0.1, -0.05) is 54.1 Å². The molecular weight excluding hydrogens is 378 g/mol. The lowest BCUT2D eigenvalue weighted by Gasteiger charge is -2.08. The van der Waals surface area contributed by atoms with Gasteiger partial charge in [-0.15, -0.1) is 0 Å². The van der Waals surface area contributed by atoms with Gasteiger partial charge in [-0.05, 0) is 41.7 Å². The molecule has 4 rings (SSSR count). The normalized spacial score (nSPS) is 18.5. The molecule has 0 amide bonds. The summed E-state index contributed by atoms with van der Waals surface area (Å²) in [5, 5.41) is 0. The first-order valence-corrected chi connectivity index (χ1v) is 10.0. The molecule has 28 heavy (non-hydrogen) atoms. The summed E-state index contributed by atoms with van der Waals surface area (Å²) in [7, 11) is -3.81. The van der Waals surface area contributed by atoms with Gasteiger partial charge in [0.15, 0.2) is 6.23 Å². The van der Waals surface area contributed by atoms with Gasteiger partial charge >= 0.3 is 5.97 Å². The second-order valence-electron chi connectivity index (χ2n) is 6.32. The third-order valence-corrected chi connectivity index (χ3v) is 5.93. The number of aryl methyl sites for hydroxylation is 1. The highest BCUT2D eigenvalue weighted by Gasteiger charge is 2.50. The molecular formula is C21H17NO5S. The van der Waals surface area contributed by atoms with Crippen LogP contribution in [0.25, 0.3) is 0 Å². The van der Waals surface area contributed by atoms with Crippen LogP contribution >= 0.6 is 0 Å². The Hall–Kier alpha value is -3.00. The van der Waals surface area contributed by atoms with E-state index in [9.17, 15) is 13.2 Å². The predicted molar refractivity (Wildman–Crippen MR) is 102 cm³/mol. The first-order valence-electron chi connectivity index (χ1n) is 8.61. The summed E-state index contributed by atoms with van der Waals surface area (Å²) in [5.41, 5.74) is 1.73. The molecule has 0 aromatic heterocycles. The summed E-state index contributed by atoms with van der Waals surface area (Å²) >= 11 is 0. The topological polar surface area (TPSA) is 76.0 Å². The summed E-state index contributed by atoms with van der Waals surface area (Å²) in [6, 6.07) is 21.7. The van der Waals surface area contributed by atoms with Crippen LogP contribution in [0.5, 0.6) is 5.75 Å². The van der Waals surface area contributed by atoms with E-state index in [0.29, 0.717) is 11.3 Å². The monoisotopic (exact) mass is 395 g/mol. The third-order valence-electron chi connectivity index (χ3n) is 4.31. The number of sulfonamides is 1. The van der Waals surface area contributed by atoms with E-state index in [0.717, 1.165) is 10.0 Å². The Morgan fingerprint density at radius 2 is 1.57 bits per heavy atom. The quantitative estimate of drug-likeness (QED) is 0.373. The molecule has 0 spiro atoms. The molecule has 1 aliphatic heterocycles. The number of carbonyl (C=O) groups is 1. The molecule has 0 radical (unpaired) electrons. The minimum Gasteiger partial charge on any atom is -0.423 e. The molecule has 1 saturated heterocycles. The van der Waals surface area contributed by atoms with Gasteiger partial charge in [0.25, 0.3) is 10.0 Å². The zero-order valence-electron chi connectivity index (χ0n) is 15.0. The van der Waals surface area contributed by atoms with E-state index in [-0.39, 0.29) is 10.5 Å². The van der Waals surface area contributed by atoms with Crippen molar-refractivity contribution in [3.63, 3.8) is 0 Å². The van der Waals surface area contributed by atoms with Gasteiger partial charge in [0, 0.05) is 5.56 Å². The summed E-state index contributed by atoms with van der Waals surface area (Å²) in [6.07, 6.45) is -0.869. The highest BCUT2D eigenvalue weighted by atomic mass is 32.2. The van der Waals surface area contributed by atoms with Crippen molar-refractivity contribution in [3.8, 4) is 5.75 Å². The SMILES string of the molecule is Cc1ccc(OC(=O)c2ccccc2C2ON2S(=O)(=O)c2ccccc2)cc1. The van der Waals surface area contributed by atoms with Gasteiger partial charge < -0.3 is 4.74 Å². The van der Waals surface area contributed by atoms with Crippen molar-refractivity contribution in [1.82, 2.24) is 4.47 Å². The minimum absolute atomic E-state index is 0.122. The van der Waals surface area contributed by atoms with Gasteiger partial charge in [0.05, 0.1) is 10.5 Å². The standard InChI is InChI=1S/C21H17NO5S/c1-15-11-13-16(14-12-15)26-21(23)19-10-6-5-9-18(19)20-22(27-20)28(24,25)17-7-3-2-4-8-17/h2-14,20H,1H3. The van der Waals surface area contributed by atoms with Crippen LogP contribution in [0.15, 0.2) is 83.8 Å². The summed E-state index contributed by atoms with van der Waals surface area (Å²) < 4.78 is 31.6. The van der Waals surface area contributed by atoms with Crippen molar-refractivity contribution in [3.05, 3.63) is 95.6 Å². The van der Waals surface area contributed by atoms with Gasteiger partial charge in [-0.2, -0.15) is 0 Å². The molecule has 142 valence electrons. The molecule has 1 heterocycles. The zero-order chi connectivity index (χ0) is 19.7. The van der Waals surface area contributed by atoms with Gasteiger partial charge in [0.2, 0.25) is 0 Å². The molecule has 7 heteroatoms. The summed E-state index contributed by atoms with van der Waals surface area (Å²) in [6.45, 7) is 1.94. The van der Waals surface area contributed by atoms with Crippen LogP contribution in [0.4, 0.5) is 0 Å². The number of nitrogens with zero attached hydrogens (tertiary/aromatic N) is 1. The van der Waals surface area contributed by atoms with E-state index in [4.69, 9.17) is 9.57 Å². The molecule has 2 unspecified atom stereocenters. The largest absolute Gasteiger partial charge is 0.423 e. The lowest BCUT2D eigenvalue weighted by atomic mass is 10.1. The van der Waals surface area contributed by atoms with Gasteiger partial charge in [0.1, 0.15) is 5.75 Å². The molecule has 0 N–H and O–H groups in total. The molecule has 3 aromatic rings. The number of hydrogen-bond acceptors (Lipinski definition) is 5. The van der Waals surface area contributed by atoms with Crippen molar-refractivity contribution in [1.29, 1.82) is 0 Å². The first kappa shape index (κ1) is 18.4. The second-order valence-corrected chi connectivity index (χ2v) is 8.10. The highest BCUT2D eigenvalue weighted by Crippen LogP contribution is 2.43. The van der Waals surface area contributed by atoms with E-state index < -0.39 is 22.2 Å². The van der Waals surface area contributed by atoms with Crippen molar-refractivity contribution in [2.24, 2.45) is 0 Å². The predicted octanol–water partition coefficient (Wildman–Crippen LogP) is 3.85. The summed E-state index contributed by atoms with van der Waals surface area (Å²) in [4.78, 5) is 18.1. The van der Waals surface area contributed by atoms with Crippen molar-refractivity contribution in [2.45, 2.75) is 18.0 Å². The van der Waals surface area contributed by atoms with Gasteiger partial charge in [-0.3, -0.25) is 4.84 Å². The molecule has 6 nitrogen and oxygen atoms in total. The Kier molecular flexibility index (Phi) is 4.72. The third kappa shape index (κ3) is 3.55. The number of hydrogen-bond donors (Lipinski definition) is 0. The summed E-state index contributed by atoms with van der Waals surface area (Å²) in [5.74, 6) is -0.164. The maximum absolute atomic E-state index is 12.7. The number of esters is 1. The van der Waals surface area contributed by atoms with Crippen molar-refractivity contribution in [2.75, 3.05) is 0 Å². The zero-order valence-corrected chi connectivity index (χ0v) is 15.8. The van der Waals surface area contributed by atoms with E-state index in [1.54, 1.807) is 54.6 Å². The fourth-order valence-corrected chi connectivity index (χ4v) is 4.06. The average molecular weight is 395 g/mol. The van der Waals surface area contributed by atoms with Crippen LogP contribution < -0.4 is 4.74 Å². The lowest BCUT2D eigenvalue weighted by Crippen LogP contribution is -2.15. The van der Waals surface area contributed by atoms with Crippen molar-refractivity contribution < 1.29 is 22.8 Å². The van der Waals surface area contributed by atoms with Crippen LogP contribution in [0.3, 0.4) is 0 Å².